The maximum Gasteiger partial charge on any atom is 0.0731 e. The average molecular weight is 194 g/mol. The van der Waals surface area contributed by atoms with Crippen molar-refractivity contribution in [1.29, 1.82) is 0 Å². The summed E-state index contributed by atoms with van der Waals surface area (Å²) in [5.41, 5.74) is 7.29. The summed E-state index contributed by atoms with van der Waals surface area (Å²) < 4.78 is 1.87. The molecule has 1 fully saturated rings. The molecule has 2 N–H and O–H groups in total. The SMILES string of the molecule is Cn1nncc1C1(CN)CCCCC1. The summed E-state index contributed by atoms with van der Waals surface area (Å²) >= 11 is 0. The summed E-state index contributed by atoms with van der Waals surface area (Å²) in [5.74, 6) is 0. The first-order chi connectivity index (χ1) is 6.78. The molecule has 0 aromatic carbocycles. The minimum atomic E-state index is 0.149. The highest BCUT2D eigenvalue weighted by molar-refractivity contribution is 5.15. The highest BCUT2D eigenvalue weighted by Crippen LogP contribution is 2.37. The van der Waals surface area contributed by atoms with E-state index in [9.17, 15) is 0 Å². The van der Waals surface area contributed by atoms with Crippen molar-refractivity contribution < 1.29 is 0 Å². The third kappa shape index (κ3) is 1.43. The molecule has 0 saturated heterocycles. The van der Waals surface area contributed by atoms with E-state index >= 15 is 0 Å². The maximum absolute atomic E-state index is 5.93. The van der Waals surface area contributed by atoms with Gasteiger partial charge in [-0.3, -0.25) is 4.68 Å². The third-order valence-corrected chi connectivity index (χ3v) is 3.46. The Morgan fingerprint density at radius 3 is 2.64 bits per heavy atom. The van der Waals surface area contributed by atoms with Crippen molar-refractivity contribution in [3.8, 4) is 0 Å². The van der Waals surface area contributed by atoms with Gasteiger partial charge in [-0.05, 0) is 12.8 Å². The first-order valence-electron chi connectivity index (χ1n) is 5.34. The molecule has 0 atom stereocenters. The lowest BCUT2D eigenvalue weighted by molar-refractivity contribution is 0.284. The largest absolute Gasteiger partial charge is 0.330 e. The third-order valence-electron chi connectivity index (χ3n) is 3.46. The molecule has 14 heavy (non-hydrogen) atoms. The number of nitrogens with two attached hydrogens (primary N) is 1. The zero-order chi connectivity index (χ0) is 10.0. The van der Waals surface area contributed by atoms with E-state index in [0.717, 1.165) is 0 Å². The Hall–Kier alpha value is -0.900. The maximum atomic E-state index is 5.93. The molecular formula is C10H18N4. The lowest BCUT2D eigenvalue weighted by atomic mass is 9.72. The topological polar surface area (TPSA) is 56.7 Å². The molecule has 0 amide bonds. The lowest BCUT2D eigenvalue weighted by Gasteiger charge is -2.35. The first kappa shape index (κ1) is 9.65. The normalized spacial score (nSPS) is 21.0. The van der Waals surface area contributed by atoms with Crippen molar-refractivity contribution >= 4 is 0 Å². The zero-order valence-electron chi connectivity index (χ0n) is 8.74. The summed E-state index contributed by atoms with van der Waals surface area (Å²) in [5, 5.41) is 7.94. The Balaban J connectivity index is 2.31. The van der Waals surface area contributed by atoms with Crippen molar-refractivity contribution in [2.75, 3.05) is 6.54 Å². The van der Waals surface area contributed by atoms with E-state index in [1.807, 2.05) is 17.9 Å². The quantitative estimate of drug-likeness (QED) is 0.763. The van der Waals surface area contributed by atoms with Gasteiger partial charge in [-0.1, -0.05) is 24.5 Å². The van der Waals surface area contributed by atoms with Gasteiger partial charge < -0.3 is 5.73 Å². The molecule has 4 nitrogen and oxygen atoms in total. The fraction of sp³-hybridized carbons (Fsp3) is 0.800. The Morgan fingerprint density at radius 2 is 2.14 bits per heavy atom. The van der Waals surface area contributed by atoms with Crippen molar-refractivity contribution in [3.05, 3.63) is 11.9 Å². The fourth-order valence-corrected chi connectivity index (χ4v) is 2.56. The van der Waals surface area contributed by atoms with Crippen LogP contribution in [0.4, 0.5) is 0 Å². The highest BCUT2D eigenvalue weighted by Gasteiger charge is 2.35. The van der Waals surface area contributed by atoms with Gasteiger partial charge >= 0.3 is 0 Å². The van der Waals surface area contributed by atoms with Gasteiger partial charge in [-0.25, -0.2) is 0 Å². The van der Waals surface area contributed by atoms with Crippen LogP contribution in [-0.2, 0) is 12.5 Å². The number of aromatic nitrogens is 3. The van der Waals surface area contributed by atoms with E-state index in [4.69, 9.17) is 5.73 Å². The predicted molar refractivity (Wildman–Crippen MR) is 54.8 cm³/mol. The summed E-state index contributed by atoms with van der Waals surface area (Å²) in [6, 6.07) is 0. The number of nitrogens with zero attached hydrogens (tertiary/aromatic N) is 3. The molecule has 78 valence electrons. The average Bonchev–Trinajstić information content (AvgIpc) is 2.66. The summed E-state index contributed by atoms with van der Waals surface area (Å²) in [7, 11) is 1.95. The molecule has 2 rings (SSSR count). The summed E-state index contributed by atoms with van der Waals surface area (Å²) in [6.07, 6.45) is 8.14. The fourth-order valence-electron chi connectivity index (χ4n) is 2.56. The van der Waals surface area contributed by atoms with Crippen molar-refractivity contribution in [2.24, 2.45) is 12.8 Å². The van der Waals surface area contributed by atoms with E-state index < -0.39 is 0 Å². The molecule has 1 aromatic rings. The number of hydrogen-bond donors (Lipinski definition) is 1. The molecule has 1 aliphatic rings. The minimum Gasteiger partial charge on any atom is -0.330 e. The molecule has 1 aromatic heterocycles. The number of aryl methyl sites for hydroxylation is 1. The van der Waals surface area contributed by atoms with Crippen molar-refractivity contribution in [2.45, 2.75) is 37.5 Å². The molecule has 1 aliphatic carbocycles. The second kappa shape index (κ2) is 3.69. The second-order valence-corrected chi connectivity index (χ2v) is 4.29. The van der Waals surface area contributed by atoms with Crippen LogP contribution in [-0.4, -0.2) is 21.5 Å². The lowest BCUT2D eigenvalue weighted by Crippen LogP contribution is -2.38. The van der Waals surface area contributed by atoms with Gasteiger partial charge in [-0.15, -0.1) is 5.10 Å². The standard InChI is InChI=1S/C10H18N4/c1-14-9(7-12-13-14)10(8-11)5-3-2-4-6-10/h7H,2-6,8,11H2,1H3. The van der Waals surface area contributed by atoms with E-state index in [2.05, 4.69) is 10.3 Å². The number of hydrogen-bond acceptors (Lipinski definition) is 3. The molecule has 0 bridgehead atoms. The van der Waals surface area contributed by atoms with Gasteiger partial charge in [0.2, 0.25) is 0 Å². The van der Waals surface area contributed by atoms with Crippen LogP contribution in [0.25, 0.3) is 0 Å². The van der Waals surface area contributed by atoms with E-state index in [1.54, 1.807) is 0 Å². The molecule has 0 spiro atoms. The molecule has 0 unspecified atom stereocenters. The van der Waals surface area contributed by atoms with Crippen LogP contribution in [0.5, 0.6) is 0 Å². The molecular weight excluding hydrogens is 176 g/mol. The van der Waals surface area contributed by atoms with E-state index in [0.29, 0.717) is 6.54 Å². The Morgan fingerprint density at radius 1 is 1.43 bits per heavy atom. The Kier molecular flexibility index (Phi) is 2.54. The zero-order valence-corrected chi connectivity index (χ0v) is 8.74. The van der Waals surface area contributed by atoms with Gasteiger partial charge in [0.05, 0.1) is 11.9 Å². The van der Waals surface area contributed by atoms with Crippen molar-refractivity contribution in [3.63, 3.8) is 0 Å². The van der Waals surface area contributed by atoms with Crippen LogP contribution < -0.4 is 5.73 Å². The smallest absolute Gasteiger partial charge is 0.0731 e. The summed E-state index contributed by atoms with van der Waals surface area (Å²) in [4.78, 5) is 0. The van der Waals surface area contributed by atoms with Gasteiger partial charge in [-0.2, -0.15) is 0 Å². The molecule has 0 radical (unpaired) electrons. The van der Waals surface area contributed by atoms with Crippen LogP contribution in [0.3, 0.4) is 0 Å². The van der Waals surface area contributed by atoms with Gasteiger partial charge in [0.15, 0.2) is 0 Å². The first-order valence-corrected chi connectivity index (χ1v) is 5.34. The molecule has 1 saturated carbocycles. The Labute approximate surface area is 84.5 Å². The van der Waals surface area contributed by atoms with Crippen LogP contribution in [0.1, 0.15) is 37.8 Å². The van der Waals surface area contributed by atoms with Gasteiger partial charge in [0.1, 0.15) is 0 Å². The summed E-state index contributed by atoms with van der Waals surface area (Å²) in [6.45, 7) is 0.716. The highest BCUT2D eigenvalue weighted by atomic mass is 15.4. The van der Waals surface area contributed by atoms with Crippen LogP contribution >= 0.6 is 0 Å². The molecule has 4 heteroatoms. The predicted octanol–water partition coefficient (Wildman–Crippen LogP) is 0.976. The monoisotopic (exact) mass is 194 g/mol. The van der Waals surface area contributed by atoms with Crippen molar-refractivity contribution in [1.82, 2.24) is 15.0 Å². The van der Waals surface area contributed by atoms with Gasteiger partial charge in [0.25, 0.3) is 0 Å². The molecule has 0 aliphatic heterocycles. The van der Waals surface area contributed by atoms with E-state index in [-0.39, 0.29) is 5.41 Å². The van der Waals surface area contributed by atoms with Gasteiger partial charge in [0, 0.05) is 19.0 Å². The van der Waals surface area contributed by atoms with Crippen LogP contribution in [0.2, 0.25) is 0 Å². The number of rotatable bonds is 2. The molecule has 1 heterocycles. The van der Waals surface area contributed by atoms with Crippen LogP contribution in [0.15, 0.2) is 6.20 Å². The second-order valence-electron chi connectivity index (χ2n) is 4.29. The minimum absolute atomic E-state index is 0.149. The Bertz CT molecular complexity index is 299. The van der Waals surface area contributed by atoms with Crippen LogP contribution in [0, 0.1) is 0 Å². The van der Waals surface area contributed by atoms with E-state index in [1.165, 1.54) is 37.8 Å².